The Balaban J connectivity index is 2.48. The number of aliphatic carboxylic acids is 1. The lowest BCUT2D eigenvalue weighted by Crippen LogP contribution is -1.96. The average Bonchev–Trinajstić information content (AvgIpc) is 2.53. The van der Waals surface area contributed by atoms with Gasteiger partial charge in [0, 0.05) is 24.0 Å². The van der Waals surface area contributed by atoms with Gasteiger partial charge in [-0.25, -0.2) is 4.79 Å². The third-order valence-corrected chi connectivity index (χ3v) is 3.03. The van der Waals surface area contributed by atoms with Crippen molar-refractivity contribution in [2.45, 2.75) is 6.92 Å². The zero-order valence-corrected chi connectivity index (χ0v) is 12.4. The maximum Gasteiger partial charge on any atom is 0.328 e. The zero-order chi connectivity index (χ0) is 15.9. The molecule has 0 aliphatic carbocycles. The first-order valence-corrected chi connectivity index (χ1v) is 6.82. The van der Waals surface area contributed by atoms with Gasteiger partial charge in [-0.1, -0.05) is 6.07 Å². The van der Waals surface area contributed by atoms with Crippen LogP contribution in [0.1, 0.15) is 12.5 Å². The van der Waals surface area contributed by atoms with E-state index < -0.39 is 5.97 Å². The number of carbonyl (C=O) groups is 1. The molecule has 0 fully saturated rings. The lowest BCUT2D eigenvalue weighted by molar-refractivity contribution is -0.131. The summed E-state index contributed by atoms with van der Waals surface area (Å²) in [5, 5.41) is 8.78. The number of aromatic nitrogens is 1. The van der Waals surface area contributed by atoms with E-state index in [1.807, 2.05) is 25.1 Å². The summed E-state index contributed by atoms with van der Waals surface area (Å²) in [4.78, 5) is 14.8. The molecule has 0 aliphatic heterocycles. The number of rotatable bonds is 6. The minimum Gasteiger partial charge on any atom is -0.493 e. The summed E-state index contributed by atoms with van der Waals surface area (Å²) in [5.74, 6) is 0.295. The molecule has 2 rings (SSSR count). The van der Waals surface area contributed by atoms with Gasteiger partial charge in [0.1, 0.15) is 0 Å². The number of hydrogen-bond acceptors (Lipinski definition) is 4. The second kappa shape index (κ2) is 7.26. The van der Waals surface area contributed by atoms with Crippen LogP contribution < -0.4 is 9.47 Å². The summed E-state index contributed by atoms with van der Waals surface area (Å²) in [6, 6.07) is 7.32. The molecule has 0 radical (unpaired) electrons. The van der Waals surface area contributed by atoms with E-state index in [1.54, 1.807) is 31.6 Å². The van der Waals surface area contributed by atoms with Crippen molar-refractivity contribution in [2.75, 3.05) is 13.7 Å². The minimum atomic E-state index is -0.993. The van der Waals surface area contributed by atoms with Crippen LogP contribution in [0.15, 0.2) is 42.7 Å². The van der Waals surface area contributed by atoms with Crippen molar-refractivity contribution in [2.24, 2.45) is 0 Å². The summed E-state index contributed by atoms with van der Waals surface area (Å²) in [6.07, 6.45) is 5.97. The van der Waals surface area contributed by atoms with E-state index in [-0.39, 0.29) is 0 Å². The SMILES string of the molecule is CCOc1cc(-c2cnccc2C=CC(=O)O)ccc1OC. The lowest BCUT2D eigenvalue weighted by atomic mass is 10.0. The van der Waals surface area contributed by atoms with E-state index in [1.165, 1.54) is 0 Å². The van der Waals surface area contributed by atoms with Gasteiger partial charge in [0.05, 0.1) is 13.7 Å². The van der Waals surface area contributed by atoms with Crippen LogP contribution in [0.2, 0.25) is 0 Å². The van der Waals surface area contributed by atoms with Gasteiger partial charge in [0.25, 0.3) is 0 Å². The molecule has 1 aromatic carbocycles. The Morgan fingerprint density at radius 3 is 2.82 bits per heavy atom. The lowest BCUT2D eigenvalue weighted by Gasteiger charge is -2.12. The molecule has 5 heteroatoms. The molecule has 2 aromatic rings. The van der Waals surface area contributed by atoms with E-state index in [9.17, 15) is 4.79 Å². The fourth-order valence-electron chi connectivity index (χ4n) is 2.07. The van der Waals surface area contributed by atoms with E-state index in [0.29, 0.717) is 18.1 Å². The Kier molecular flexibility index (Phi) is 5.14. The number of pyridine rings is 1. The Morgan fingerprint density at radius 2 is 2.14 bits per heavy atom. The average molecular weight is 299 g/mol. The minimum absolute atomic E-state index is 0.526. The van der Waals surface area contributed by atoms with Crippen molar-refractivity contribution in [1.29, 1.82) is 0 Å². The van der Waals surface area contributed by atoms with Gasteiger partial charge in [-0.05, 0) is 42.3 Å². The molecule has 1 N–H and O–H groups in total. The molecule has 0 saturated heterocycles. The highest BCUT2D eigenvalue weighted by Gasteiger charge is 2.09. The predicted molar refractivity (Wildman–Crippen MR) is 84.1 cm³/mol. The molecule has 1 heterocycles. The van der Waals surface area contributed by atoms with E-state index in [4.69, 9.17) is 14.6 Å². The van der Waals surface area contributed by atoms with Crippen LogP contribution in [-0.4, -0.2) is 29.8 Å². The Labute approximate surface area is 128 Å². The highest BCUT2D eigenvalue weighted by Crippen LogP contribution is 2.33. The summed E-state index contributed by atoms with van der Waals surface area (Å²) in [7, 11) is 1.59. The Hall–Kier alpha value is -2.82. The van der Waals surface area contributed by atoms with Crippen molar-refractivity contribution in [3.63, 3.8) is 0 Å². The smallest absolute Gasteiger partial charge is 0.328 e. The Morgan fingerprint density at radius 1 is 1.32 bits per heavy atom. The van der Waals surface area contributed by atoms with Crippen LogP contribution in [0.4, 0.5) is 0 Å². The highest BCUT2D eigenvalue weighted by atomic mass is 16.5. The van der Waals surface area contributed by atoms with Gasteiger partial charge in [-0.3, -0.25) is 4.98 Å². The summed E-state index contributed by atoms with van der Waals surface area (Å²) in [5.41, 5.74) is 2.47. The topological polar surface area (TPSA) is 68.7 Å². The highest BCUT2D eigenvalue weighted by molar-refractivity contribution is 5.87. The molecule has 114 valence electrons. The van der Waals surface area contributed by atoms with Gasteiger partial charge in [-0.15, -0.1) is 0 Å². The van der Waals surface area contributed by atoms with E-state index in [0.717, 1.165) is 22.8 Å². The molecule has 0 aliphatic rings. The molecule has 0 bridgehead atoms. The first-order chi connectivity index (χ1) is 10.7. The van der Waals surface area contributed by atoms with E-state index in [2.05, 4.69) is 4.98 Å². The number of ether oxygens (including phenoxy) is 2. The molecular formula is C17H17NO4. The number of hydrogen-bond donors (Lipinski definition) is 1. The third-order valence-electron chi connectivity index (χ3n) is 3.03. The maximum absolute atomic E-state index is 10.7. The molecule has 0 saturated carbocycles. The molecule has 1 aromatic heterocycles. The summed E-state index contributed by atoms with van der Waals surface area (Å²) < 4.78 is 10.8. The maximum atomic E-state index is 10.7. The molecule has 22 heavy (non-hydrogen) atoms. The second-order valence-corrected chi connectivity index (χ2v) is 4.43. The van der Waals surface area contributed by atoms with Crippen LogP contribution in [0, 0.1) is 0 Å². The van der Waals surface area contributed by atoms with Crippen LogP contribution in [0.5, 0.6) is 11.5 Å². The van der Waals surface area contributed by atoms with Crippen LogP contribution in [-0.2, 0) is 4.79 Å². The van der Waals surface area contributed by atoms with Crippen molar-refractivity contribution in [3.8, 4) is 22.6 Å². The zero-order valence-electron chi connectivity index (χ0n) is 12.4. The fourth-order valence-corrected chi connectivity index (χ4v) is 2.07. The Bertz CT molecular complexity index is 695. The van der Waals surface area contributed by atoms with Crippen LogP contribution >= 0.6 is 0 Å². The van der Waals surface area contributed by atoms with Gasteiger partial charge in [0.15, 0.2) is 11.5 Å². The molecule has 0 unspecified atom stereocenters. The van der Waals surface area contributed by atoms with Crippen LogP contribution in [0.25, 0.3) is 17.2 Å². The fraction of sp³-hybridized carbons (Fsp3) is 0.176. The second-order valence-electron chi connectivity index (χ2n) is 4.43. The largest absolute Gasteiger partial charge is 0.493 e. The first kappa shape index (κ1) is 15.6. The number of carboxylic acids is 1. The van der Waals surface area contributed by atoms with Crippen molar-refractivity contribution in [3.05, 3.63) is 48.3 Å². The molecule has 0 amide bonds. The van der Waals surface area contributed by atoms with Gasteiger partial charge in [0.2, 0.25) is 0 Å². The molecule has 0 atom stereocenters. The number of carboxylic acid groups (broad SMARTS) is 1. The summed E-state index contributed by atoms with van der Waals surface area (Å²) in [6.45, 7) is 2.43. The number of methoxy groups -OCH3 is 1. The molecular weight excluding hydrogens is 282 g/mol. The van der Waals surface area contributed by atoms with Crippen LogP contribution in [0.3, 0.4) is 0 Å². The standard InChI is InChI=1S/C17H17NO4/c1-3-22-16-10-13(4-6-15(16)21-2)14-11-18-9-8-12(14)5-7-17(19)20/h4-11H,3H2,1-2H3,(H,19,20). The van der Waals surface area contributed by atoms with Crippen molar-refractivity contribution >= 4 is 12.0 Å². The van der Waals surface area contributed by atoms with Crippen molar-refractivity contribution < 1.29 is 19.4 Å². The number of benzene rings is 1. The summed E-state index contributed by atoms with van der Waals surface area (Å²) >= 11 is 0. The normalized spacial score (nSPS) is 10.6. The van der Waals surface area contributed by atoms with Crippen molar-refractivity contribution in [1.82, 2.24) is 4.98 Å². The third kappa shape index (κ3) is 3.63. The first-order valence-electron chi connectivity index (χ1n) is 6.82. The van der Waals surface area contributed by atoms with E-state index >= 15 is 0 Å². The van der Waals surface area contributed by atoms with Gasteiger partial charge < -0.3 is 14.6 Å². The monoisotopic (exact) mass is 299 g/mol. The molecule has 0 spiro atoms. The number of nitrogens with zero attached hydrogens (tertiary/aromatic N) is 1. The quantitative estimate of drug-likeness (QED) is 0.829. The predicted octanol–water partition coefficient (Wildman–Crippen LogP) is 3.25. The van der Waals surface area contributed by atoms with Gasteiger partial charge in [-0.2, -0.15) is 0 Å². The molecule has 5 nitrogen and oxygen atoms in total. The van der Waals surface area contributed by atoms with Gasteiger partial charge >= 0.3 is 5.97 Å².